The molecular formula is C21H31N3O2. The van der Waals surface area contributed by atoms with Crippen LogP contribution in [0.1, 0.15) is 61.3 Å². The number of carbonyl (C=O) groups is 2. The van der Waals surface area contributed by atoms with E-state index in [1.165, 1.54) is 16.7 Å². The predicted molar refractivity (Wildman–Crippen MR) is 103 cm³/mol. The summed E-state index contributed by atoms with van der Waals surface area (Å²) in [6.45, 7) is 5.06. The number of hydrogen-bond acceptors (Lipinski definition) is 2. The monoisotopic (exact) mass is 357 g/mol. The fourth-order valence-electron chi connectivity index (χ4n) is 4.29. The Kier molecular flexibility index (Phi) is 5.84. The lowest BCUT2D eigenvalue weighted by atomic mass is 9.85. The Morgan fingerprint density at radius 2 is 1.77 bits per heavy atom. The summed E-state index contributed by atoms with van der Waals surface area (Å²) in [6, 6.07) is 6.95. The van der Waals surface area contributed by atoms with Crippen molar-refractivity contribution < 1.29 is 9.59 Å². The van der Waals surface area contributed by atoms with Gasteiger partial charge in [0.25, 0.3) is 0 Å². The van der Waals surface area contributed by atoms with Gasteiger partial charge in [0.05, 0.1) is 6.04 Å². The lowest BCUT2D eigenvalue weighted by Crippen LogP contribution is -2.46. The first kappa shape index (κ1) is 18.7. The van der Waals surface area contributed by atoms with E-state index in [-0.39, 0.29) is 29.9 Å². The average molecular weight is 357 g/mol. The second-order valence-corrected chi connectivity index (χ2v) is 7.81. The molecule has 0 spiro atoms. The molecule has 26 heavy (non-hydrogen) atoms. The van der Waals surface area contributed by atoms with Gasteiger partial charge in [0.1, 0.15) is 0 Å². The predicted octanol–water partition coefficient (Wildman–Crippen LogP) is 3.45. The van der Waals surface area contributed by atoms with Crippen molar-refractivity contribution in [2.45, 2.75) is 64.5 Å². The van der Waals surface area contributed by atoms with Gasteiger partial charge >= 0.3 is 6.03 Å². The van der Waals surface area contributed by atoms with Crippen molar-refractivity contribution in [2.75, 3.05) is 13.6 Å². The fourth-order valence-corrected chi connectivity index (χ4v) is 4.29. The average Bonchev–Trinajstić information content (AvgIpc) is 3.14. The van der Waals surface area contributed by atoms with Gasteiger partial charge in [-0.15, -0.1) is 0 Å². The zero-order valence-electron chi connectivity index (χ0n) is 16.2. The number of aryl methyl sites for hydroxylation is 2. The maximum Gasteiger partial charge on any atom is 0.318 e. The summed E-state index contributed by atoms with van der Waals surface area (Å²) in [5.74, 6) is 0.229. The number of amides is 3. The third-order valence-corrected chi connectivity index (χ3v) is 6.10. The Morgan fingerprint density at radius 1 is 1.04 bits per heavy atom. The molecule has 3 rings (SSSR count). The lowest BCUT2D eigenvalue weighted by molar-refractivity contribution is -0.125. The van der Waals surface area contributed by atoms with Gasteiger partial charge in [-0.2, -0.15) is 0 Å². The Hall–Kier alpha value is -2.04. The molecule has 0 aromatic heterocycles. The van der Waals surface area contributed by atoms with Crippen molar-refractivity contribution in [2.24, 2.45) is 5.92 Å². The van der Waals surface area contributed by atoms with E-state index in [0.29, 0.717) is 0 Å². The number of benzene rings is 1. The largest absolute Gasteiger partial charge is 0.359 e. The number of hydrogen-bond donors (Lipinski definition) is 2. The standard InChI is InChI=1S/C21H31N3O2/c1-14-6-7-17(13-15(14)2)19-5-4-12-24(19)21(26)23-18-10-8-16(9-11-18)20(25)22-3/h6-7,13,16,18-19H,4-5,8-12H2,1-3H3,(H,22,25)(H,23,26). The molecule has 0 bridgehead atoms. The van der Waals surface area contributed by atoms with Crippen LogP contribution in [-0.4, -0.2) is 36.5 Å². The van der Waals surface area contributed by atoms with Crippen LogP contribution in [0.15, 0.2) is 18.2 Å². The van der Waals surface area contributed by atoms with Gasteiger partial charge in [-0.05, 0) is 69.1 Å². The van der Waals surface area contributed by atoms with E-state index in [9.17, 15) is 9.59 Å². The van der Waals surface area contributed by atoms with Gasteiger partial charge < -0.3 is 15.5 Å². The van der Waals surface area contributed by atoms with Gasteiger partial charge in [0.15, 0.2) is 0 Å². The minimum Gasteiger partial charge on any atom is -0.359 e. The molecule has 1 aromatic rings. The van der Waals surface area contributed by atoms with E-state index in [0.717, 1.165) is 45.1 Å². The van der Waals surface area contributed by atoms with Crippen molar-refractivity contribution >= 4 is 11.9 Å². The van der Waals surface area contributed by atoms with E-state index in [4.69, 9.17) is 0 Å². The van der Waals surface area contributed by atoms with E-state index in [1.807, 2.05) is 4.90 Å². The normalized spacial score (nSPS) is 25.8. The summed E-state index contributed by atoms with van der Waals surface area (Å²) in [5.41, 5.74) is 3.81. The number of likely N-dealkylation sites (tertiary alicyclic amines) is 1. The molecule has 1 aliphatic carbocycles. The minimum absolute atomic E-state index is 0.0501. The molecule has 142 valence electrons. The van der Waals surface area contributed by atoms with E-state index in [2.05, 4.69) is 42.7 Å². The zero-order valence-corrected chi connectivity index (χ0v) is 16.2. The molecule has 0 radical (unpaired) electrons. The van der Waals surface area contributed by atoms with Crippen molar-refractivity contribution in [1.29, 1.82) is 0 Å². The van der Waals surface area contributed by atoms with E-state index >= 15 is 0 Å². The minimum atomic E-state index is 0.0501. The number of carbonyl (C=O) groups excluding carboxylic acids is 2. The molecule has 1 saturated carbocycles. The maximum absolute atomic E-state index is 12.9. The van der Waals surface area contributed by atoms with Crippen LogP contribution in [0.4, 0.5) is 4.79 Å². The highest BCUT2D eigenvalue weighted by Gasteiger charge is 2.32. The fraction of sp³-hybridized carbons (Fsp3) is 0.619. The van der Waals surface area contributed by atoms with Crippen LogP contribution in [0.2, 0.25) is 0 Å². The van der Waals surface area contributed by atoms with Crippen LogP contribution >= 0.6 is 0 Å². The van der Waals surface area contributed by atoms with E-state index in [1.54, 1.807) is 7.05 Å². The molecule has 1 heterocycles. The summed E-state index contributed by atoms with van der Waals surface area (Å²) < 4.78 is 0. The number of nitrogens with one attached hydrogen (secondary N) is 2. The number of nitrogens with zero attached hydrogens (tertiary/aromatic N) is 1. The molecule has 2 N–H and O–H groups in total. The summed E-state index contributed by atoms with van der Waals surface area (Å²) in [5, 5.41) is 5.95. The Labute approximate surface area is 156 Å². The van der Waals surface area contributed by atoms with Crippen molar-refractivity contribution in [3.63, 3.8) is 0 Å². The quantitative estimate of drug-likeness (QED) is 0.870. The number of rotatable bonds is 3. The lowest BCUT2D eigenvalue weighted by Gasteiger charge is -2.32. The molecule has 5 heteroatoms. The highest BCUT2D eigenvalue weighted by Crippen LogP contribution is 2.33. The van der Waals surface area contributed by atoms with Crippen molar-refractivity contribution in [1.82, 2.24) is 15.5 Å². The van der Waals surface area contributed by atoms with Crippen molar-refractivity contribution in [3.8, 4) is 0 Å². The van der Waals surface area contributed by atoms with Crippen LogP contribution in [0.3, 0.4) is 0 Å². The summed E-state index contributed by atoms with van der Waals surface area (Å²) in [7, 11) is 1.69. The highest BCUT2D eigenvalue weighted by molar-refractivity contribution is 5.78. The SMILES string of the molecule is CNC(=O)C1CCC(NC(=O)N2CCCC2c2ccc(C)c(C)c2)CC1. The maximum atomic E-state index is 12.9. The third kappa shape index (κ3) is 4.02. The second kappa shape index (κ2) is 8.11. The first-order valence-electron chi connectivity index (χ1n) is 9.85. The second-order valence-electron chi connectivity index (χ2n) is 7.81. The topological polar surface area (TPSA) is 61.4 Å². The molecule has 5 nitrogen and oxygen atoms in total. The molecule has 1 aromatic carbocycles. The van der Waals surface area contributed by atoms with Gasteiger partial charge in [0.2, 0.25) is 5.91 Å². The molecule has 1 atom stereocenters. The van der Waals surface area contributed by atoms with Gasteiger partial charge in [0, 0.05) is 25.6 Å². The van der Waals surface area contributed by atoms with Crippen LogP contribution in [-0.2, 0) is 4.79 Å². The molecular weight excluding hydrogens is 326 g/mol. The third-order valence-electron chi connectivity index (χ3n) is 6.10. The first-order valence-corrected chi connectivity index (χ1v) is 9.85. The van der Waals surface area contributed by atoms with Crippen molar-refractivity contribution in [3.05, 3.63) is 34.9 Å². The molecule has 1 aliphatic heterocycles. The molecule has 1 saturated heterocycles. The summed E-state index contributed by atoms with van der Waals surface area (Å²) >= 11 is 0. The van der Waals surface area contributed by atoms with Crippen LogP contribution in [0.25, 0.3) is 0 Å². The Balaban J connectivity index is 1.59. The molecule has 1 unspecified atom stereocenters. The van der Waals surface area contributed by atoms with E-state index < -0.39 is 0 Å². The summed E-state index contributed by atoms with van der Waals surface area (Å²) in [4.78, 5) is 26.6. The first-order chi connectivity index (χ1) is 12.5. The Morgan fingerprint density at radius 3 is 2.42 bits per heavy atom. The van der Waals surface area contributed by atoms with Crippen LogP contribution in [0, 0.1) is 19.8 Å². The van der Waals surface area contributed by atoms with Gasteiger partial charge in [-0.3, -0.25) is 4.79 Å². The number of urea groups is 1. The van der Waals surface area contributed by atoms with Gasteiger partial charge in [-0.1, -0.05) is 18.2 Å². The molecule has 3 amide bonds. The van der Waals surface area contributed by atoms with Crippen LogP contribution < -0.4 is 10.6 Å². The van der Waals surface area contributed by atoms with Crippen LogP contribution in [0.5, 0.6) is 0 Å². The van der Waals surface area contributed by atoms with Gasteiger partial charge in [-0.25, -0.2) is 4.79 Å². The highest BCUT2D eigenvalue weighted by atomic mass is 16.2. The molecule has 2 aliphatic rings. The smallest absolute Gasteiger partial charge is 0.318 e. The Bertz CT molecular complexity index is 665. The summed E-state index contributed by atoms with van der Waals surface area (Å²) in [6.07, 6.45) is 5.54. The zero-order chi connectivity index (χ0) is 18.7. The molecule has 2 fully saturated rings.